The molecule has 31 heavy (non-hydrogen) atoms. The number of allylic oxidation sites excluding steroid dienone is 2. The zero-order valence-corrected chi connectivity index (χ0v) is 18.5. The number of anilines is 1. The fraction of sp³-hybridized carbons (Fsp3) is 0.455. The zero-order valence-electron chi connectivity index (χ0n) is 17.0. The van der Waals surface area contributed by atoms with Gasteiger partial charge in [0.25, 0.3) is 5.91 Å². The van der Waals surface area contributed by atoms with Crippen molar-refractivity contribution in [3.05, 3.63) is 40.4 Å². The third-order valence-electron chi connectivity index (χ3n) is 6.21. The molecule has 164 valence electrons. The Morgan fingerprint density at radius 2 is 1.74 bits per heavy atom. The predicted molar refractivity (Wildman–Crippen MR) is 114 cm³/mol. The van der Waals surface area contributed by atoms with Crippen LogP contribution in [0.4, 0.5) is 5.69 Å². The van der Waals surface area contributed by atoms with Crippen molar-refractivity contribution in [1.29, 1.82) is 0 Å². The highest BCUT2D eigenvalue weighted by atomic mass is 35.5. The maximum Gasteiger partial charge on any atom is 0.330 e. The van der Waals surface area contributed by atoms with Crippen molar-refractivity contribution >= 4 is 52.6 Å². The Kier molecular flexibility index (Phi) is 5.83. The van der Waals surface area contributed by atoms with E-state index in [9.17, 15) is 19.2 Å². The van der Waals surface area contributed by atoms with Crippen molar-refractivity contribution in [3.63, 3.8) is 0 Å². The first-order valence-electron chi connectivity index (χ1n) is 10.2. The third kappa shape index (κ3) is 3.85. The maximum atomic E-state index is 13.0. The van der Waals surface area contributed by atoms with Crippen LogP contribution in [0.25, 0.3) is 0 Å². The zero-order chi connectivity index (χ0) is 22.4. The Hall–Kier alpha value is -2.38. The molecule has 3 aliphatic rings. The lowest BCUT2D eigenvalue weighted by molar-refractivity contribution is -0.162. The summed E-state index contributed by atoms with van der Waals surface area (Å²) in [5.74, 6) is -3.07. The second-order valence-electron chi connectivity index (χ2n) is 8.52. The number of fused-ring (bicyclic) bond motifs is 5. The standard InChI is InChI=1S/C22H22Cl2N2O5/c1-10(2)19(26-20(28)17-11-3-4-12(7-11)18(17)21(26)29)22(30)31-9-16(27)25-15-6-5-13(23)8-14(15)24/h3-6,8,10-12,17-19H,7,9H2,1-2H3,(H,25,27)/t11-,12-,17-,18+,19+/m0/s1. The molecule has 1 saturated carbocycles. The number of nitrogens with zero attached hydrogens (tertiary/aromatic N) is 1. The molecule has 2 fully saturated rings. The van der Waals surface area contributed by atoms with E-state index >= 15 is 0 Å². The number of ether oxygens (including phenoxy) is 1. The van der Waals surface area contributed by atoms with Gasteiger partial charge in [-0.25, -0.2) is 4.79 Å². The molecule has 1 aromatic carbocycles. The van der Waals surface area contributed by atoms with Crippen LogP contribution in [0.15, 0.2) is 30.4 Å². The first kappa shape index (κ1) is 21.8. The summed E-state index contributed by atoms with van der Waals surface area (Å²) < 4.78 is 5.18. The lowest BCUT2D eigenvalue weighted by atomic mass is 9.85. The molecule has 0 aromatic heterocycles. The van der Waals surface area contributed by atoms with Gasteiger partial charge in [0.15, 0.2) is 6.61 Å². The van der Waals surface area contributed by atoms with E-state index < -0.39 is 36.4 Å². The molecule has 0 spiro atoms. The van der Waals surface area contributed by atoms with Crippen LogP contribution in [0, 0.1) is 29.6 Å². The van der Waals surface area contributed by atoms with Gasteiger partial charge in [0, 0.05) is 5.02 Å². The van der Waals surface area contributed by atoms with E-state index in [0.29, 0.717) is 10.7 Å². The molecule has 2 bridgehead atoms. The summed E-state index contributed by atoms with van der Waals surface area (Å²) in [7, 11) is 0. The summed E-state index contributed by atoms with van der Waals surface area (Å²) in [6, 6.07) is 3.50. The van der Waals surface area contributed by atoms with Crippen LogP contribution < -0.4 is 5.32 Å². The number of hydrogen-bond acceptors (Lipinski definition) is 5. The van der Waals surface area contributed by atoms with Gasteiger partial charge in [-0.3, -0.25) is 19.3 Å². The summed E-state index contributed by atoms with van der Waals surface area (Å²) in [6.45, 7) is 2.90. The summed E-state index contributed by atoms with van der Waals surface area (Å²) >= 11 is 11.9. The fourth-order valence-corrected chi connectivity index (χ4v) is 5.33. The molecular formula is C22H22Cl2N2O5. The van der Waals surface area contributed by atoms with Gasteiger partial charge in [0.05, 0.1) is 22.5 Å². The third-order valence-corrected chi connectivity index (χ3v) is 6.75. The van der Waals surface area contributed by atoms with Gasteiger partial charge >= 0.3 is 5.97 Å². The number of nitrogens with one attached hydrogen (secondary N) is 1. The van der Waals surface area contributed by atoms with Crippen molar-refractivity contribution < 1.29 is 23.9 Å². The average molecular weight is 465 g/mol. The van der Waals surface area contributed by atoms with Crippen molar-refractivity contribution in [2.24, 2.45) is 29.6 Å². The van der Waals surface area contributed by atoms with Crippen molar-refractivity contribution in [1.82, 2.24) is 4.90 Å². The van der Waals surface area contributed by atoms with Gasteiger partial charge in [-0.05, 0) is 42.4 Å². The van der Waals surface area contributed by atoms with Gasteiger partial charge in [-0.2, -0.15) is 0 Å². The Bertz CT molecular complexity index is 962. The predicted octanol–water partition coefficient (Wildman–Crippen LogP) is 3.31. The van der Waals surface area contributed by atoms with Gasteiger partial charge in [0.1, 0.15) is 6.04 Å². The van der Waals surface area contributed by atoms with Gasteiger partial charge < -0.3 is 10.1 Å². The molecule has 1 saturated heterocycles. The van der Waals surface area contributed by atoms with Crippen LogP contribution in [-0.4, -0.2) is 41.2 Å². The average Bonchev–Trinajstić information content (AvgIpc) is 3.38. The highest BCUT2D eigenvalue weighted by Gasteiger charge is 2.61. The number of imide groups is 1. The summed E-state index contributed by atoms with van der Waals surface area (Å²) in [4.78, 5) is 52.2. The lowest BCUT2D eigenvalue weighted by Crippen LogP contribution is -2.50. The molecule has 5 atom stereocenters. The molecule has 1 heterocycles. The normalized spacial score (nSPS) is 27.1. The van der Waals surface area contributed by atoms with Gasteiger partial charge in [-0.1, -0.05) is 49.2 Å². The number of halogens is 2. The molecule has 1 aliphatic heterocycles. The van der Waals surface area contributed by atoms with Crippen molar-refractivity contribution in [2.45, 2.75) is 26.3 Å². The smallest absolute Gasteiger partial charge is 0.330 e. The Balaban J connectivity index is 1.42. The van der Waals surface area contributed by atoms with E-state index in [1.807, 2.05) is 12.2 Å². The first-order valence-corrected chi connectivity index (χ1v) is 10.9. The van der Waals surface area contributed by atoms with Crippen molar-refractivity contribution in [2.75, 3.05) is 11.9 Å². The second-order valence-corrected chi connectivity index (χ2v) is 9.36. The summed E-state index contributed by atoms with van der Waals surface area (Å²) in [5, 5.41) is 3.20. The molecule has 3 amide bonds. The molecule has 0 radical (unpaired) electrons. The van der Waals surface area contributed by atoms with Crippen molar-refractivity contribution in [3.8, 4) is 0 Å². The Morgan fingerprint density at radius 3 is 2.29 bits per heavy atom. The largest absolute Gasteiger partial charge is 0.454 e. The highest BCUT2D eigenvalue weighted by Crippen LogP contribution is 2.53. The number of rotatable bonds is 6. The van der Waals surface area contributed by atoms with E-state index in [-0.39, 0.29) is 34.6 Å². The maximum absolute atomic E-state index is 13.0. The minimum absolute atomic E-state index is 0.0511. The van der Waals surface area contributed by atoms with Crippen LogP contribution in [0.1, 0.15) is 20.3 Å². The van der Waals surface area contributed by atoms with Crippen LogP contribution >= 0.6 is 23.2 Å². The number of amides is 3. The van der Waals surface area contributed by atoms with Gasteiger partial charge in [-0.15, -0.1) is 0 Å². The van der Waals surface area contributed by atoms with Crippen LogP contribution in [0.2, 0.25) is 10.0 Å². The SMILES string of the molecule is CC(C)[C@H](C(=O)OCC(=O)Nc1ccc(Cl)cc1Cl)N1C(=O)[C@@H]2[C@H](C1=O)[C@H]1C=C[C@H]2C1. The van der Waals surface area contributed by atoms with E-state index in [4.69, 9.17) is 27.9 Å². The molecule has 9 heteroatoms. The number of benzene rings is 1. The highest BCUT2D eigenvalue weighted by molar-refractivity contribution is 6.36. The minimum atomic E-state index is -1.07. The minimum Gasteiger partial charge on any atom is -0.454 e. The number of carbonyl (C=O) groups excluding carboxylic acids is 4. The molecule has 4 rings (SSSR count). The Morgan fingerprint density at radius 1 is 1.13 bits per heavy atom. The molecule has 1 N–H and O–H groups in total. The van der Waals surface area contributed by atoms with E-state index in [2.05, 4.69) is 5.32 Å². The van der Waals surface area contributed by atoms with E-state index in [1.165, 1.54) is 12.1 Å². The first-order chi connectivity index (χ1) is 14.7. The number of esters is 1. The Labute approximate surface area is 189 Å². The monoisotopic (exact) mass is 464 g/mol. The van der Waals surface area contributed by atoms with E-state index in [0.717, 1.165) is 11.3 Å². The number of carbonyl (C=O) groups is 4. The topological polar surface area (TPSA) is 92.8 Å². The van der Waals surface area contributed by atoms with Crippen LogP contribution in [0.3, 0.4) is 0 Å². The van der Waals surface area contributed by atoms with Crippen LogP contribution in [0.5, 0.6) is 0 Å². The molecule has 7 nitrogen and oxygen atoms in total. The van der Waals surface area contributed by atoms with Crippen LogP contribution in [-0.2, 0) is 23.9 Å². The van der Waals surface area contributed by atoms with Gasteiger partial charge in [0.2, 0.25) is 11.8 Å². The molecule has 0 unspecified atom stereocenters. The molecule has 1 aromatic rings. The summed E-state index contributed by atoms with van der Waals surface area (Å²) in [6.07, 6.45) is 4.80. The van der Waals surface area contributed by atoms with E-state index in [1.54, 1.807) is 19.9 Å². The number of likely N-dealkylation sites (tertiary alicyclic amines) is 1. The summed E-state index contributed by atoms with van der Waals surface area (Å²) in [5.41, 5.74) is 0.327. The number of hydrogen-bond donors (Lipinski definition) is 1. The fourth-order valence-electron chi connectivity index (χ4n) is 4.87. The molecule has 2 aliphatic carbocycles. The molecular weight excluding hydrogens is 443 g/mol. The second kappa shape index (κ2) is 8.28. The lowest BCUT2D eigenvalue weighted by Gasteiger charge is -2.28. The quantitative estimate of drug-likeness (QED) is 0.396.